The maximum absolute atomic E-state index is 3.56. The monoisotopic (exact) mass is 252 g/mol. The van der Waals surface area contributed by atoms with Gasteiger partial charge in [-0.2, -0.15) is 0 Å². The average Bonchev–Trinajstić information content (AvgIpc) is 2.84. The molecule has 18 heavy (non-hydrogen) atoms. The van der Waals surface area contributed by atoms with Gasteiger partial charge in [-0.15, -0.1) is 0 Å². The third-order valence-corrected chi connectivity index (χ3v) is 3.53. The largest absolute Gasteiger partial charge is 0.313 e. The zero-order valence-corrected chi connectivity index (χ0v) is 12.6. The molecule has 0 bridgehead atoms. The fraction of sp³-hybridized carbons (Fsp3) is 0.750. The summed E-state index contributed by atoms with van der Waals surface area (Å²) < 4.78 is 0. The summed E-state index contributed by atoms with van der Waals surface area (Å²) in [7, 11) is 2.24. The van der Waals surface area contributed by atoms with E-state index in [0.717, 1.165) is 12.6 Å². The molecule has 2 heteroatoms. The summed E-state index contributed by atoms with van der Waals surface area (Å²) in [5.41, 5.74) is 3.04. The molecule has 0 aromatic heterocycles. The lowest BCUT2D eigenvalue weighted by Gasteiger charge is -2.23. The second-order valence-corrected chi connectivity index (χ2v) is 5.28. The molecule has 2 rings (SSSR count). The zero-order valence-electron chi connectivity index (χ0n) is 12.6. The number of hydrogen-bond acceptors (Lipinski definition) is 2. The predicted molar refractivity (Wildman–Crippen MR) is 83.1 cm³/mol. The number of likely N-dealkylation sites (N-methyl/N-ethyl adjacent to an activating group) is 1. The van der Waals surface area contributed by atoms with Crippen LogP contribution in [0.25, 0.3) is 0 Å². The van der Waals surface area contributed by atoms with Crippen LogP contribution in [0.15, 0.2) is 23.3 Å². The van der Waals surface area contributed by atoms with Gasteiger partial charge in [0.1, 0.15) is 0 Å². The number of nitrogens with zero attached hydrogens (tertiary/aromatic N) is 1. The van der Waals surface area contributed by atoms with Gasteiger partial charge in [-0.1, -0.05) is 37.1 Å². The molecular formula is C16H32N2. The van der Waals surface area contributed by atoms with E-state index in [4.69, 9.17) is 0 Å². The molecule has 1 saturated heterocycles. The van der Waals surface area contributed by atoms with Crippen LogP contribution < -0.4 is 5.32 Å². The van der Waals surface area contributed by atoms with E-state index in [1.165, 1.54) is 44.3 Å². The van der Waals surface area contributed by atoms with Crippen molar-refractivity contribution in [1.29, 1.82) is 0 Å². The maximum Gasteiger partial charge on any atom is 0.0195 e. The summed E-state index contributed by atoms with van der Waals surface area (Å²) in [6.07, 6.45) is 9.88. The fourth-order valence-electron chi connectivity index (χ4n) is 2.76. The van der Waals surface area contributed by atoms with Gasteiger partial charge in [0.05, 0.1) is 0 Å². The van der Waals surface area contributed by atoms with Crippen molar-refractivity contribution in [2.45, 2.75) is 52.5 Å². The van der Waals surface area contributed by atoms with E-state index in [-0.39, 0.29) is 1.43 Å². The van der Waals surface area contributed by atoms with Crippen LogP contribution in [0.3, 0.4) is 0 Å². The Morgan fingerprint density at radius 2 is 2.22 bits per heavy atom. The van der Waals surface area contributed by atoms with E-state index in [1.807, 2.05) is 13.8 Å². The van der Waals surface area contributed by atoms with Crippen molar-refractivity contribution in [3.05, 3.63) is 23.3 Å². The van der Waals surface area contributed by atoms with Gasteiger partial charge in [0.15, 0.2) is 0 Å². The molecule has 0 spiro atoms. The van der Waals surface area contributed by atoms with Crippen LogP contribution in [0.2, 0.25) is 0 Å². The average molecular weight is 252 g/mol. The van der Waals surface area contributed by atoms with Crippen molar-refractivity contribution in [3.63, 3.8) is 0 Å². The van der Waals surface area contributed by atoms with E-state index < -0.39 is 0 Å². The van der Waals surface area contributed by atoms with Crippen LogP contribution in [0.4, 0.5) is 0 Å². The summed E-state index contributed by atoms with van der Waals surface area (Å²) in [5, 5.41) is 3.56. The molecule has 1 atom stereocenters. The Labute approximate surface area is 115 Å². The van der Waals surface area contributed by atoms with Gasteiger partial charge < -0.3 is 10.2 Å². The highest BCUT2D eigenvalue weighted by molar-refractivity contribution is 5.26. The molecule has 1 aliphatic heterocycles. The molecule has 1 heterocycles. The summed E-state index contributed by atoms with van der Waals surface area (Å²) in [6, 6.07) is 0.728. The minimum absolute atomic E-state index is 0. The maximum atomic E-state index is 3.56. The molecule has 0 aromatic carbocycles. The molecule has 1 N–H and O–H groups in total. The number of rotatable bonds is 4. The normalized spacial score (nSPS) is 23.3. The molecule has 0 aromatic rings. The molecular weight excluding hydrogens is 220 g/mol. The van der Waals surface area contributed by atoms with Gasteiger partial charge >= 0.3 is 0 Å². The van der Waals surface area contributed by atoms with Crippen LogP contribution in [-0.2, 0) is 0 Å². The van der Waals surface area contributed by atoms with E-state index >= 15 is 0 Å². The third kappa shape index (κ3) is 5.36. The molecule has 0 saturated carbocycles. The minimum atomic E-state index is 0. The van der Waals surface area contributed by atoms with E-state index in [1.54, 1.807) is 5.57 Å². The molecule has 1 unspecified atom stereocenters. The van der Waals surface area contributed by atoms with Gasteiger partial charge in [-0.25, -0.2) is 0 Å². The quantitative estimate of drug-likeness (QED) is 0.822. The van der Waals surface area contributed by atoms with E-state index in [2.05, 4.69) is 36.3 Å². The van der Waals surface area contributed by atoms with Gasteiger partial charge in [-0.3, -0.25) is 0 Å². The molecule has 106 valence electrons. The lowest BCUT2D eigenvalue weighted by atomic mass is 10.00. The standard InChI is InChI=1S/C14H24N2.C2H6.H2/c1-12-5-3-6-13(9-12)10-16(2)11-14-7-4-8-15-14;1-2;/h5,9,14-15H,3-4,6-8,10-11H2,1-2H3;1-2H3;1H. The predicted octanol–water partition coefficient (Wildman–Crippen LogP) is 3.61. The molecule has 1 fully saturated rings. The Bertz CT molecular complexity index is 291. The van der Waals surface area contributed by atoms with Crippen molar-refractivity contribution < 1.29 is 1.43 Å². The highest BCUT2D eigenvalue weighted by Crippen LogP contribution is 2.18. The van der Waals surface area contributed by atoms with Crippen LogP contribution >= 0.6 is 0 Å². The third-order valence-electron chi connectivity index (χ3n) is 3.53. The smallest absolute Gasteiger partial charge is 0.0195 e. The first kappa shape index (κ1) is 15.5. The summed E-state index contributed by atoms with van der Waals surface area (Å²) in [4.78, 5) is 2.47. The highest BCUT2D eigenvalue weighted by Gasteiger charge is 2.16. The second kappa shape index (κ2) is 8.49. The van der Waals surface area contributed by atoms with Crippen molar-refractivity contribution >= 4 is 0 Å². The Kier molecular flexibility index (Phi) is 7.29. The Hall–Kier alpha value is -0.600. The van der Waals surface area contributed by atoms with Crippen LogP contribution in [0.5, 0.6) is 0 Å². The topological polar surface area (TPSA) is 15.3 Å². The molecule has 0 radical (unpaired) electrons. The molecule has 2 nitrogen and oxygen atoms in total. The second-order valence-electron chi connectivity index (χ2n) is 5.28. The van der Waals surface area contributed by atoms with Crippen molar-refractivity contribution in [1.82, 2.24) is 10.2 Å². The van der Waals surface area contributed by atoms with Gasteiger partial charge in [0.2, 0.25) is 0 Å². The Morgan fingerprint density at radius 1 is 1.44 bits per heavy atom. The van der Waals surface area contributed by atoms with E-state index in [9.17, 15) is 0 Å². The molecule has 2 aliphatic rings. The summed E-state index contributed by atoms with van der Waals surface area (Å²) >= 11 is 0. The number of hydrogen-bond donors (Lipinski definition) is 1. The van der Waals surface area contributed by atoms with Crippen LogP contribution in [0.1, 0.15) is 47.9 Å². The Balaban J connectivity index is 0.00000103. The SMILES string of the molecule is CC.CC1=CCCC(CN(C)CC2CCCN2)=C1.[HH]. The highest BCUT2D eigenvalue weighted by atomic mass is 15.1. The van der Waals surface area contributed by atoms with Gasteiger partial charge in [0.25, 0.3) is 0 Å². The first-order valence-electron chi connectivity index (χ1n) is 7.52. The molecule has 1 aliphatic carbocycles. The summed E-state index contributed by atoms with van der Waals surface area (Å²) in [5.74, 6) is 0. The first-order chi connectivity index (χ1) is 8.74. The number of allylic oxidation sites excluding steroid dienone is 3. The molecule has 0 amide bonds. The fourth-order valence-corrected chi connectivity index (χ4v) is 2.76. The lowest BCUT2D eigenvalue weighted by molar-refractivity contribution is 0.319. The number of nitrogens with one attached hydrogen (secondary N) is 1. The Morgan fingerprint density at radius 3 is 2.83 bits per heavy atom. The van der Waals surface area contributed by atoms with Crippen molar-refractivity contribution in [3.8, 4) is 0 Å². The summed E-state index contributed by atoms with van der Waals surface area (Å²) in [6.45, 7) is 9.75. The van der Waals surface area contributed by atoms with Crippen molar-refractivity contribution in [2.24, 2.45) is 0 Å². The van der Waals surface area contributed by atoms with Crippen LogP contribution in [-0.4, -0.2) is 37.6 Å². The van der Waals surface area contributed by atoms with Crippen LogP contribution in [0, 0.1) is 0 Å². The van der Waals surface area contributed by atoms with Crippen molar-refractivity contribution in [2.75, 3.05) is 26.7 Å². The van der Waals surface area contributed by atoms with Gasteiger partial charge in [-0.05, 0) is 46.2 Å². The van der Waals surface area contributed by atoms with Gasteiger partial charge in [0, 0.05) is 20.6 Å². The van der Waals surface area contributed by atoms with E-state index in [0.29, 0.717) is 0 Å². The first-order valence-corrected chi connectivity index (χ1v) is 7.52. The lowest BCUT2D eigenvalue weighted by Crippen LogP contribution is -2.36. The minimum Gasteiger partial charge on any atom is -0.313 e. The zero-order chi connectivity index (χ0) is 13.4.